The molecule has 126 valence electrons. The van der Waals surface area contributed by atoms with Crippen LogP contribution >= 0.6 is 0 Å². The van der Waals surface area contributed by atoms with Crippen LogP contribution in [0, 0.1) is 5.82 Å². The lowest BCUT2D eigenvalue weighted by atomic mass is 10.3. The number of aryl methyl sites for hydroxylation is 1. The SMILES string of the molecule is Cn1c(=O)ncc2c1ncn2CC(=O)Nc1nc2ccc(F)cc2o1. The molecule has 0 spiro atoms. The maximum atomic E-state index is 13.2. The van der Waals surface area contributed by atoms with Gasteiger partial charge in [-0.05, 0) is 12.1 Å². The molecule has 0 saturated carbocycles. The molecule has 4 aromatic rings. The van der Waals surface area contributed by atoms with E-state index in [1.807, 2.05) is 0 Å². The number of carbonyl (C=O) groups excluding carboxylic acids is 1. The number of imidazole rings is 1. The fourth-order valence-corrected chi connectivity index (χ4v) is 2.46. The fourth-order valence-electron chi connectivity index (χ4n) is 2.46. The van der Waals surface area contributed by atoms with Gasteiger partial charge in [-0.3, -0.25) is 14.7 Å². The maximum absolute atomic E-state index is 13.2. The van der Waals surface area contributed by atoms with Gasteiger partial charge in [-0.15, -0.1) is 0 Å². The van der Waals surface area contributed by atoms with Crippen molar-refractivity contribution in [2.24, 2.45) is 7.05 Å². The number of rotatable bonds is 3. The molecule has 0 aliphatic rings. The number of fused-ring (bicyclic) bond motifs is 2. The summed E-state index contributed by atoms with van der Waals surface area (Å²) in [6, 6.07) is 3.87. The first-order chi connectivity index (χ1) is 12.0. The van der Waals surface area contributed by atoms with Crippen molar-refractivity contribution in [2.75, 3.05) is 5.32 Å². The van der Waals surface area contributed by atoms with Crippen molar-refractivity contribution in [3.63, 3.8) is 0 Å². The summed E-state index contributed by atoms with van der Waals surface area (Å²) < 4.78 is 21.3. The number of aromatic nitrogens is 5. The van der Waals surface area contributed by atoms with Crippen LogP contribution < -0.4 is 11.0 Å². The van der Waals surface area contributed by atoms with E-state index in [2.05, 4.69) is 20.3 Å². The molecule has 0 aliphatic heterocycles. The number of hydrogen-bond donors (Lipinski definition) is 1. The highest BCUT2D eigenvalue weighted by atomic mass is 19.1. The topological polar surface area (TPSA) is 108 Å². The number of halogens is 1. The Morgan fingerprint density at radius 3 is 3.04 bits per heavy atom. The van der Waals surface area contributed by atoms with Crippen molar-refractivity contribution in [3.05, 3.63) is 47.0 Å². The first kappa shape index (κ1) is 15.0. The van der Waals surface area contributed by atoms with Crippen LogP contribution in [0.2, 0.25) is 0 Å². The molecule has 0 radical (unpaired) electrons. The van der Waals surface area contributed by atoms with E-state index in [9.17, 15) is 14.0 Å². The number of hydrogen-bond acceptors (Lipinski definition) is 6. The van der Waals surface area contributed by atoms with Crippen molar-refractivity contribution < 1.29 is 13.6 Å². The van der Waals surface area contributed by atoms with Crippen molar-refractivity contribution in [1.82, 2.24) is 24.1 Å². The number of amides is 1. The van der Waals surface area contributed by atoms with Crippen LogP contribution in [-0.4, -0.2) is 30.0 Å². The minimum Gasteiger partial charge on any atom is -0.423 e. The van der Waals surface area contributed by atoms with Gasteiger partial charge >= 0.3 is 11.7 Å². The van der Waals surface area contributed by atoms with E-state index in [0.29, 0.717) is 16.7 Å². The minimum absolute atomic E-state index is 0.0273. The third-order valence-corrected chi connectivity index (χ3v) is 3.67. The summed E-state index contributed by atoms with van der Waals surface area (Å²) in [7, 11) is 1.55. The van der Waals surface area contributed by atoms with Gasteiger partial charge < -0.3 is 8.98 Å². The minimum atomic E-state index is -0.454. The lowest BCUT2D eigenvalue weighted by Crippen LogP contribution is -2.21. The summed E-state index contributed by atoms with van der Waals surface area (Å²) in [6.07, 6.45) is 2.80. The lowest BCUT2D eigenvalue weighted by molar-refractivity contribution is -0.116. The molecule has 1 aromatic carbocycles. The Kier molecular flexibility index (Phi) is 3.31. The molecule has 3 aromatic heterocycles. The summed E-state index contributed by atoms with van der Waals surface area (Å²) in [5.41, 5.74) is 1.20. The largest absolute Gasteiger partial charge is 0.423 e. The summed E-state index contributed by atoms with van der Waals surface area (Å²) in [6.45, 7) is -0.0799. The number of carbonyl (C=O) groups is 1. The Hall–Kier alpha value is -3.56. The molecular weight excluding hydrogens is 331 g/mol. The molecule has 0 saturated heterocycles. The second kappa shape index (κ2) is 5.51. The van der Waals surface area contributed by atoms with Gasteiger partial charge in [0.25, 0.3) is 0 Å². The first-order valence-electron chi connectivity index (χ1n) is 7.24. The van der Waals surface area contributed by atoms with Crippen LogP contribution in [0.25, 0.3) is 22.3 Å². The fraction of sp³-hybridized carbons (Fsp3) is 0.133. The van der Waals surface area contributed by atoms with Gasteiger partial charge in [-0.1, -0.05) is 0 Å². The summed E-state index contributed by atoms with van der Waals surface area (Å²) in [5, 5.41) is 2.50. The predicted octanol–water partition coefficient (Wildman–Crippen LogP) is 1.05. The monoisotopic (exact) mass is 342 g/mol. The van der Waals surface area contributed by atoms with Gasteiger partial charge in [0.2, 0.25) is 5.91 Å². The van der Waals surface area contributed by atoms with Gasteiger partial charge in [-0.25, -0.2) is 14.2 Å². The van der Waals surface area contributed by atoms with Crippen LogP contribution in [0.3, 0.4) is 0 Å². The molecule has 10 heteroatoms. The number of nitrogens with zero attached hydrogens (tertiary/aromatic N) is 5. The van der Waals surface area contributed by atoms with E-state index in [-0.39, 0.29) is 18.1 Å². The molecule has 0 aliphatic carbocycles. The first-order valence-corrected chi connectivity index (χ1v) is 7.24. The van der Waals surface area contributed by atoms with Crippen LogP contribution in [-0.2, 0) is 18.4 Å². The van der Waals surface area contributed by atoms with E-state index in [0.717, 1.165) is 0 Å². The summed E-state index contributed by atoms with van der Waals surface area (Å²) >= 11 is 0. The molecule has 0 unspecified atom stereocenters. The average Bonchev–Trinajstić information content (AvgIpc) is 3.14. The number of benzene rings is 1. The van der Waals surface area contributed by atoms with Crippen LogP contribution in [0.4, 0.5) is 10.4 Å². The highest BCUT2D eigenvalue weighted by Gasteiger charge is 2.13. The van der Waals surface area contributed by atoms with Crippen LogP contribution in [0.15, 0.2) is 39.9 Å². The van der Waals surface area contributed by atoms with E-state index < -0.39 is 17.4 Å². The number of oxazole rings is 1. The zero-order valence-corrected chi connectivity index (χ0v) is 12.9. The van der Waals surface area contributed by atoms with Crippen molar-refractivity contribution in [3.8, 4) is 0 Å². The second-order valence-electron chi connectivity index (χ2n) is 5.36. The second-order valence-corrected chi connectivity index (χ2v) is 5.36. The number of nitrogens with one attached hydrogen (secondary N) is 1. The number of anilines is 1. The van der Waals surface area contributed by atoms with Gasteiger partial charge in [0, 0.05) is 13.1 Å². The molecule has 4 rings (SSSR count). The Balaban J connectivity index is 1.57. The Bertz CT molecular complexity index is 1180. The van der Waals surface area contributed by atoms with Crippen molar-refractivity contribution in [2.45, 2.75) is 6.54 Å². The molecule has 0 atom stereocenters. The zero-order valence-electron chi connectivity index (χ0n) is 12.9. The molecule has 25 heavy (non-hydrogen) atoms. The van der Waals surface area contributed by atoms with Crippen molar-refractivity contribution in [1.29, 1.82) is 0 Å². The van der Waals surface area contributed by atoms with E-state index >= 15 is 0 Å². The molecule has 1 N–H and O–H groups in total. The summed E-state index contributed by atoms with van der Waals surface area (Å²) in [5.74, 6) is -0.871. The van der Waals surface area contributed by atoms with E-state index in [4.69, 9.17) is 4.42 Å². The van der Waals surface area contributed by atoms with Gasteiger partial charge in [0.15, 0.2) is 11.2 Å². The molecular formula is C15H11FN6O3. The molecule has 0 bridgehead atoms. The average molecular weight is 342 g/mol. The molecule has 0 fully saturated rings. The predicted molar refractivity (Wildman–Crippen MR) is 85.4 cm³/mol. The van der Waals surface area contributed by atoms with Gasteiger partial charge in [0.05, 0.1) is 12.5 Å². The molecule has 1 amide bonds. The molecule has 3 heterocycles. The van der Waals surface area contributed by atoms with Gasteiger partial charge in [-0.2, -0.15) is 9.97 Å². The van der Waals surface area contributed by atoms with Gasteiger partial charge in [0.1, 0.15) is 23.4 Å². The van der Waals surface area contributed by atoms with Crippen LogP contribution in [0.5, 0.6) is 0 Å². The van der Waals surface area contributed by atoms with Crippen LogP contribution in [0.1, 0.15) is 0 Å². The highest BCUT2D eigenvalue weighted by molar-refractivity contribution is 5.90. The van der Waals surface area contributed by atoms with E-state index in [1.165, 1.54) is 35.3 Å². The Morgan fingerprint density at radius 1 is 1.36 bits per heavy atom. The smallest absolute Gasteiger partial charge is 0.349 e. The van der Waals surface area contributed by atoms with E-state index in [1.54, 1.807) is 11.6 Å². The third kappa shape index (κ3) is 2.63. The molecule has 9 nitrogen and oxygen atoms in total. The quantitative estimate of drug-likeness (QED) is 0.596. The zero-order chi connectivity index (χ0) is 17.6. The van der Waals surface area contributed by atoms with Crippen molar-refractivity contribution >= 4 is 34.2 Å². The third-order valence-electron chi connectivity index (χ3n) is 3.67. The Morgan fingerprint density at radius 2 is 2.20 bits per heavy atom. The summed E-state index contributed by atoms with van der Waals surface area (Å²) in [4.78, 5) is 35.6. The maximum Gasteiger partial charge on any atom is 0.349 e. The normalized spacial score (nSPS) is 11.3. The standard InChI is InChI=1S/C15H11FN6O3/c1-21-13-10(5-17-15(21)24)22(7-18-13)6-12(23)20-14-19-9-3-2-8(16)4-11(9)25-14/h2-5,7H,6H2,1H3,(H,19,20,23). The Labute approximate surface area is 138 Å². The highest BCUT2D eigenvalue weighted by Crippen LogP contribution is 2.19. The lowest BCUT2D eigenvalue weighted by Gasteiger charge is -2.04.